The second kappa shape index (κ2) is 3.87. The molecule has 74 valence electrons. The Morgan fingerprint density at radius 3 is 2.86 bits per heavy atom. The molecule has 2 N–H and O–H groups in total. The minimum absolute atomic E-state index is 0.649. The SMILES string of the molecule is C=CCC(c1cccc(N)c1)C1CC1. The Hall–Kier alpha value is -1.24. The van der Waals surface area contributed by atoms with E-state index < -0.39 is 0 Å². The Labute approximate surface area is 85.6 Å². The van der Waals surface area contributed by atoms with Crippen LogP contribution in [0.1, 0.15) is 30.7 Å². The molecule has 0 saturated heterocycles. The van der Waals surface area contributed by atoms with Crippen molar-refractivity contribution in [2.45, 2.75) is 25.2 Å². The third-order valence-electron chi connectivity index (χ3n) is 2.95. The van der Waals surface area contributed by atoms with Gasteiger partial charge in [0.15, 0.2) is 0 Å². The van der Waals surface area contributed by atoms with E-state index in [9.17, 15) is 0 Å². The summed E-state index contributed by atoms with van der Waals surface area (Å²) in [6.07, 6.45) is 5.83. The smallest absolute Gasteiger partial charge is 0.0316 e. The molecule has 1 aromatic rings. The summed E-state index contributed by atoms with van der Waals surface area (Å²) in [6.45, 7) is 3.83. The quantitative estimate of drug-likeness (QED) is 0.568. The molecule has 1 nitrogen and oxygen atoms in total. The lowest BCUT2D eigenvalue weighted by molar-refractivity contribution is 0.614. The van der Waals surface area contributed by atoms with Crippen LogP contribution < -0.4 is 5.73 Å². The number of hydrogen-bond donors (Lipinski definition) is 1. The average molecular weight is 187 g/mol. The first-order chi connectivity index (χ1) is 6.81. The summed E-state index contributed by atoms with van der Waals surface area (Å²) in [6, 6.07) is 8.28. The molecule has 1 aliphatic rings. The van der Waals surface area contributed by atoms with Gasteiger partial charge >= 0.3 is 0 Å². The standard InChI is InChI=1S/C13H17N/c1-2-4-13(10-7-8-10)11-5-3-6-12(14)9-11/h2-3,5-6,9-10,13H,1,4,7-8,14H2. The third kappa shape index (κ3) is 1.98. The minimum atomic E-state index is 0.649. The highest BCUT2D eigenvalue weighted by atomic mass is 14.5. The van der Waals surface area contributed by atoms with Crippen molar-refractivity contribution in [1.29, 1.82) is 0 Å². The van der Waals surface area contributed by atoms with E-state index in [1.165, 1.54) is 18.4 Å². The van der Waals surface area contributed by atoms with E-state index in [4.69, 9.17) is 5.73 Å². The lowest BCUT2D eigenvalue weighted by Crippen LogP contribution is -2.00. The van der Waals surface area contributed by atoms with Gasteiger partial charge in [-0.3, -0.25) is 0 Å². The molecule has 0 spiro atoms. The molecule has 1 saturated carbocycles. The van der Waals surface area contributed by atoms with Crippen LogP contribution in [0.5, 0.6) is 0 Å². The first-order valence-corrected chi connectivity index (χ1v) is 5.27. The monoisotopic (exact) mass is 187 g/mol. The van der Waals surface area contributed by atoms with Gasteiger partial charge in [-0.1, -0.05) is 18.2 Å². The normalized spacial score (nSPS) is 17.7. The van der Waals surface area contributed by atoms with Crippen LogP contribution in [0.4, 0.5) is 5.69 Å². The number of allylic oxidation sites excluding steroid dienone is 1. The number of rotatable bonds is 4. The minimum Gasteiger partial charge on any atom is -0.399 e. The van der Waals surface area contributed by atoms with Crippen molar-refractivity contribution in [1.82, 2.24) is 0 Å². The second-order valence-corrected chi connectivity index (χ2v) is 4.14. The topological polar surface area (TPSA) is 26.0 Å². The first kappa shape index (κ1) is 9.32. The molecule has 2 rings (SSSR count). The van der Waals surface area contributed by atoms with Crippen molar-refractivity contribution < 1.29 is 0 Å². The van der Waals surface area contributed by atoms with Crippen LogP contribution in [0.15, 0.2) is 36.9 Å². The fraction of sp³-hybridized carbons (Fsp3) is 0.385. The number of hydrogen-bond acceptors (Lipinski definition) is 1. The van der Waals surface area contributed by atoms with Crippen molar-refractivity contribution in [2.75, 3.05) is 5.73 Å². The van der Waals surface area contributed by atoms with Crippen LogP contribution in [-0.2, 0) is 0 Å². The highest BCUT2D eigenvalue weighted by Crippen LogP contribution is 2.44. The average Bonchev–Trinajstić information content (AvgIpc) is 2.97. The summed E-state index contributed by atoms with van der Waals surface area (Å²) in [5, 5.41) is 0. The molecular formula is C13H17N. The first-order valence-electron chi connectivity index (χ1n) is 5.27. The van der Waals surface area contributed by atoms with Gasteiger partial charge in [0.1, 0.15) is 0 Å². The van der Waals surface area contributed by atoms with E-state index in [0.717, 1.165) is 18.0 Å². The maximum absolute atomic E-state index is 5.79. The Bertz CT molecular complexity index is 326. The van der Waals surface area contributed by atoms with Gasteiger partial charge < -0.3 is 5.73 Å². The second-order valence-electron chi connectivity index (χ2n) is 4.14. The maximum atomic E-state index is 5.79. The predicted molar refractivity (Wildman–Crippen MR) is 61.1 cm³/mol. The zero-order chi connectivity index (χ0) is 9.97. The van der Waals surface area contributed by atoms with Gasteiger partial charge in [0, 0.05) is 5.69 Å². The molecule has 1 heteroatoms. The molecule has 1 aliphatic carbocycles. The third-order valence-corrected chi connectivity index (χ3v) is 2.95. The maximum Gasteiger partial charge on any atom is 0.0316 e. The lowest BCUT2D eigenvalue weighted by atomic mass is 9.91. The molecule has 1 unspecified atom stereocenters. The van der Waals surface area contributed by atoms with Crippen molar-refractivity contribution >= 4 is 5.69 Å². The van der Waals surface area contributed by atoms with Crippen LogP contribution >= 0.6 is 0 Å². The Kier molecular flexibility index (Phi) is 2.58. The van der Waals surface area contributed by atoms with Crippen molar-refractivity contribution in [3.8, 4) is 0 Å². The number of benzene rings is 1. The van der Waals surface area contributed by atoms with E-state index >= 15 is 0 Å². The lowest BCUT2D eigenvalue weighted by Gasteiger charge is -2.14. The summed E-state index contributed by atoms with van der Waals surface area (Å²) >= 11 is 0. The fourth-order valence-electron chi connectivity index (χ4n) is 2.07. The van der Waals surface area contributed by atoms with E-state index in [1.807, 2.05) is 18.2 Å². The summed E-state index contributed by atoms with van der Waals surface area (Å²) in [5.41, 5.74) is 8.04. The zero-order valence-corrected chi connectivity index (χ0v) is 8.45. The van der Waals surface area contributed by atoms with E-state index in [-0.39, 0.29) is 0 Å². The summed E-state index contributed by atoms with van der Waals surface area (Å²) in [4.78, 5) is 0. The number of nitrogens with two attached hydrogens (primary N) is 1. The van der Waals surface area contributed by atoms with Gasteiger partial charge in [0.25, 0.3) is 0 Å². The summed E-state index contributed by atoms with van der Waals surface area (Å²) in [7, 11) is 0. The van der Waals surface area contributed by atoms with Crippen molar-refractivity contribution in [2.24, 2.45) is 5.92 Å². The van der Waals surface area contributed by atoms with Crippen molar-refractivity contribution in [3.63, 3.8) is 0 Å². The van der Waals surface area contributed by atoms with Gasteiger partial charge in [-0.05, 0) is 48.8 Å². The van der Waals surface area contributed by atoms with Gasteiger partial charge in [0.2, 0.25) is 0 Å². The zero-order valence-electron chi connectivity index (χ0n) is 8.45. The molecule has 0 heterocycles. The van der Waals surface area contributed by atoms with E-state index in [1.54, 1.807) is 0 Å². The predicted octanol–water partition coefficient (Wildman–Crippen LogP) is 3.34. The molecule has 1 fully saturated rings. The van der Waals surface area contributed by atoms with Crippen LogP contribution in [-0.4, -0.2) is 0 Å². The highest BCUT2D eigenvalue weighted by Gasteiger charge is 2.31. The largest absolute Gasteiger partial charge is 0.399 e. The van der Waals surface area contributed by atoms with Crippen LogP contribution in [0.2, 0.25) is 0 Å². The molecule has 0 bridgehead atoms. The van der Waals surface area contributed by atoms with E-state index in [2.05, 4.69) is 18.7 Å². The van der Waals surface area contributed by atoms with Crippen LogP contribution in [0.3, 0.4) is 0 Å². The molecule has 1 atom stereocenters. The number of anilines is 1. The van der Waals surface area contributed by atoms with Crippen LogP contribution in [0, 0.1) is 5.92 Å². The summed E-state index contributed by atoms with van der Waals surface area (Å²) in [5.74, 6) is 1.52. The molecule has 0 aliphatic heterocycles. The Morgan fingerprint density at radius 1 is 1.50 bits per heavy atom. The molecule has 14 heavy (non-hydrogen) atoms. The number of nitrogen functional groups attached to an aromatic ring is 1. The summed E-state index contributed by atoms with van der Waals surface area (Å²) < 4.78 is 0. The Morgan fingerprint density at radius 2 is 2.29 bits per heavy atom. The molecule has 1 aromatic carbocycles. The van der Waals surface area contributed by atoms with E-state index in [0.29, 0.717) is 5.92 Å². The van der Waals surface area contributed by atoms with Gasteiger partial charge in [-0.25, -0.2) is 0 Å². The van der Waals surface area contributed by atoms with Crippen molar-refractivity contribution in [3.05, 3.63) is 42.5 Å². The van der Waals surface area contributed by atoms with Gasteiger partial charge in [-0.2, -0.15) is 0 Å². The van der Waals surface area contributed by atoms with Gasteiger partial charge in [-0.15, -0.1) is 6.58 Å². The molecule has 0 aromatic heterocycles. The molecule has 0 radical (unpaired) electrons. The molecular weight excluding hydrogens is 170 g/mol. The van der Waals surface area contributed by atoms with Gasteiger partial charge in [0.05, 0.1) is 0 Å². The molecule has 0 amide bonds. The van der Waals surface area contributed by atoms with Crippen LogP contribution in [0.25, 0.3) is 0 Å². The Balaban J connectivity index is 2.20. The fourth-order valence-corrected chi connectivity index (χ4v) is 2.07. The highest BCUT2D eigenvalue weighted by molar-refractivity contribution is 5.42.